The third-order valence-electron chi connectivity index (χ3n) is 4.23. The molecule has 1 unspecified atom stereocenters. The minimum absolute atomic E-state index is 0.595. The number of halogens is 1. The molecule has 1 aliphatic rings. The highest BCUT2D eigenvalue weighted by Gasteiger charge is 2.39. The summed E-state index contributed by atoms with van der Waals surface area (Å²) in [5.74, 6) is 0.667. The number of benzene rings is 1. The number of aliphatic hydroxyl groups is 1. The summed E-state index contributed by atoms with van der Waals surface area (Å²) in [6, 6.07) is 6.25. The molecule has 1 aromatic carbocycles. The number of methoxy groups -OCH3 is 1. The van der Waals surface area contributed by atoms with Crippen molar-refractivity contribution in [1.29, 1.82) is 0 Å². The van der Waals surface area contributed by atoms with Crippen molar-refractivity contribution >= 4 is 15.9 Å². The van der Waals surface area contributed by atoms with Gasteiger partial charge in [0.05, 0.1) is 13.3 Å². The fourth-order valence-corrected chi connectivity index (χ4v) is 3.58. The van der Waals surface area contributed by atoms with Gasteiger partial charge < -0.3 is 9.84 Å². The topological polar surface area (TPSA) is 47.3 Å². The van der Waals surface area contributed by atoms with E-state index in [1.54, 1.807) is 13.3 Å². The first-order valence-corrected chi connectivity index (χ1v) is 7.96. The van der Waals surface area contributed by atoms with Gasteiger partial charge in [0.1, 0.15) is 11.3 Å². The fraction of sp³-hybridized carbons (Fsp3) is 0.438. The Hall–Kier alpha value is -1.33. The molecule has 1 aromatic heterocycles. The average molecular weight is 351 g/mol. The number of fused-ring (bicyclic) bond motifs is 1. The quantitative estimate of drug-likeness (QED) is 0.925. The van der Waals surface area contributed by atoms with Gasteiger partial charge in [-0.05, 0) is 43.0 Å². The van der Waals surface area contributed by atoms with Gasteiger partial charge in [0, 0.05) is 17.4 Å². The standard InChI is InChI=1S/C16H19BrN2O2/c1-3-19-15(14(21-2)10-18-19)16(20)7-6-11-8-13(17)5-4-12(11)9-16/h4-5,8,10,20H,3,6-7,9H2,1-2H3. The van der Waals surface area contributed by atoms with Gasteiger partial charge in [0.25, 0.3) is 0 Å². The molecule has 21 heavy (non-hydrogen) atoms. The SMILES string of the molecule is CCn1ncc(OC)c1C1(O)CCc2cc(Br)ccc2C1. The Bertz CT molecular complexity index is 647. The number of hydrogen-bond donors (Lipinski definition) is 1. The monoisotopic (exact) mass is 350 g/mol. The molecule has 1 N–H and O–H groups in total. The van der Waals surface area contributed by atoms with E-state index >= 15 is 0 Å². The Kier molecular flexibility index (Phi) is 3.80. The van der Waals surface area contributed by atoms with E-state index in [1.807, 2.05) is 17.7 Å². The van der Waals surface area contributed by atoms with Crippen molar-refractivity contribution in [2.45, 2.75) is 38.3 Å². The summed E-state index contributed by atoms with van der Waals surface area (Å²) < 4.78 is 8.32. The summed E-state index contributed by atoms with van der Waals surface area (Å²) in [4.78, 5) is 0. The third kappa shape index (κ3) is 2.49. The second-order valence-corrected chi connectivity index (χ2v) is 6.41. The summed E-state index contributed by atoms with van der Waals surface area (Å²) in [6.45, 7) is 2.74. The van der Waals surface area contributed by atoms with Crippen LogP contribution in [0, 0.1) is 0 Å². The summed E-state index contributed by atoms with van der Waals surface area (Å²) in [5.41, 5.74) is 2.37. The van der Waals surface area contributed by atoms with E-state index in [9.17, 15) is 5.11 Å². The van der Waals surface area contributed by atoms with Crippen LogP contribution < -0.4 is 4.74 Å². The maximum Gasteiger partial charge on any atom is 0.162 e. The summed E-state index contributed by atoms with van der Waals surface area (Å²) in [6.07, 6.45) is 3.81. The lowest BCUT2D eigenvalue weighted by Gasteiger charge is -2.34. The second-order valence-electron chi connectivity index (χ2n) is 5.50. The first kappa shape index (κ1) is 14.6. The molecule has 0 amide bonds. The Morgan fingerprint density at radius 3 is 2.95 bits per heavy atom. The number of rotatable bonds is 3. The van der Waals surface area contributed by atoms with Crippen LogP contribution in [0.25, 0.3) is 0 Å². The van der Waals surface area contributed by atoms with Crippen molar-refractivity contribution in [3.8, 4) is 5.75 Å². The van der Waals surface area contributed by atoms with E-state index in [2.05, 4.69) is 33.2 Å². The Morgan fingerprint density at radius 2 is 2.24 bits per heavy atom. The van der Waals surface area contributed by atoms with E-state index in [4.69, 9.17) is 4.74 Å². The number of aromatic nitrogens is 2. The van der Waals surface area contributed by atoms with E-state index < -0.39 is 5.60 Å². The molecule has 112 valence electrons. The summed E-state index contributed by atoms with van der Waals surface area (Å²) >= 11 is 3.51. The van der Waals surface area contributed by atoms with Gasteiger partial charge in [0.2, 0.25) is 0 Å². The Balaban J connectivity index is 2.03. The Morgan fingerprint density at radius 1 is 1.43 bits per heavy atom. The molecule has 3 rings (SSSR count). The van der Waals surface area contributed by atoms with E-state index in [0.29, 0.717) is 25.1 Å². The number of ether oxygens (including phenoxy) is 1. The summed E-state index contributed by atoms with van der Waals surface area (Å²) in [7, 11) is 1.62. The van der Waals surface area contributed by atoms with E-state index in [-0.39, 0.29) is 0 Å². The molecular formula is C16H19BrN2O2. The van der Waals surface area contributed by atoms with Gasteiger partial charge >= 0.3 is 0 Å². The number of aryl methyl sites for hydroxylation is 2. The molecule has 0 bridgehead atoms. The van der Waals surface area contributed by atoms with Crippen LogP contribution >= 0.6 is 15.9 Å². The molecule has 0 saturated carbocycles. The van der Waals surface area contributed by atoms with Gasteiger partial charge in [-0.1, -0.05) is 22.0 Å². The predicted octanol–water partition coefficient (Wildman–Crippen LogP) is 3.05. The van der Waals surface area contributed by atoms with Gasteiger partial charge in [0.15, 0.2) is 5.75 Å². The van der Waals surface area contributed by atoms with Crippen LogP contribution in [0.1, 0.15) is 30.2 Å². The second kappa shape index (κ2) is 5.46. The molecule has 2 aromatic rings. The van der Waals surface area contributed by atoms with Crippen molar-refractivity contribution in [2.75, 3.05) is 7.11 Å². The molecule has 5 heteroatoms. The average Bonchev–Trinajstić information content (AvgIpc) is 2.91. The highest BCUT2D eigenvalue weighted by molar-refractivity contribution is 9.10. The fourth-order valence-electron chi connectivity index (χ4n) is 3.17. The van der Waals surface area contributed by atoms with Gasteiger partial charge in [-0.15, -0.1) is 0 Å². The van der Waals surface area contributed by atoms with Crippen LogP contribution in [0.3, 0.4) is 0 Å². The third-order valence-corrected chi connectivity index (χ3v) is 4.72. The molecule has 1 aliphatic carbocycles. The van der Waals surface area contributed by atoms with Crippen LogP contribution in [-0.4, -0.2) is 22.0 Å². The van der Waals surface area contributed by atoms with Crippen LogP contribution in [0.4, 0.5) is 0 Å². The maximum absolute atomic E-state index is 11.2. The van der Waals surface area contributed by atoms with E-state index in [1.165, 1.54) is 11.1 Å². The predicted molar refractivity (Wildman–Crippen MR) is 84.5 cm³/mol. The number of nitrogens with zero attached hydrogens (tertiary/aromatic N) is 2. The highest BCUT2D eigenvalue weighted by Crippen LogP contribution is 2.40. The lowest BCUT2D eigenvalue weighted by molar-refractivity contribution is 0.0113. The smallest absolute Gasteiger partial charge is 0.162 e. The van der Waals surface area contributed by atoms with Crippen LogP contribution in [-0.2, 0) is 25.0 Å². The van der Waals surface area contributed by atoms with Crippen LogP contribution in [0.2, 0.25) is 0 Å². The molecule has 0 spiro atoms. The number of hydrogen-bond acceptors (Lipinski definition) is 3. The molecule has 0 radical (unpaired) electrons. The van der Waals surface area contributed by atoms with Crippen molar-refractivity contribution in [3.63, 3.8) is 0 Å². The molecule has 1 atom stereocenters. The molecule has 0 saturated heterocycles. The van der Waals surface area contributed by atoms with Crippen LogP contribution in [0.15, 0.2) is 28.9 Å². The van der Waals surface area contributed by atoms with Gasteiger partial charge in [-0.3, -0.25) is 4.68 Å². The molecular weight excluding hydrogens is 332 g/mol. The molecule has 0 fully saturated rings. The zero-order valence-electron chi connectivity index (χ0n) is 12.3. The lowest BCUT2D eigenvalue weighted by Crippen LogP contribution is -2.36. The van der Waals surface area contributed by atoms with Gasteiger partial charge in [-0.2, -0.15) is 5.10 Å². The minimum Gasteiger partial charge on any atom is -0.493 e. The van der Waals surface area contributed by atoms with E-state index in [0.717, 1.165) is 16.6 Å². The molecule has 1 heterocycles. The van der Waals surface area contributed by atoms with Crippen molar-refractivity contribution < 1.29 is 9.84 Å². The molecule has 4 nitrogen and oxygen atoms in total. The van der Waals surface area contributed by atoms with Crippen LogP contribution in [0.5, 0.6) is 5.75 Å². The maximum atomic E-state index is 11.2. The van der Waals surface area contributed by atoms with Crippen molar-refractivity contribution in [1.82, 2.24) is 9.78 Å². The largest absolute Gasteiger partial charge is 0.493 e. The summed E-state index contributed by atoms with van der Waals surface area (Å²) in [5, 5.41) is 15.5. The first-order valence-electron chi connectivity index (χ1n) is 7.17. The van der Waals surface area contributed by atoms with Gasteiger partial charge in [-0.25, -0.2) is 0 Å². The Labute approximate surface area is 132 Å². The minimum atomic E-state index is -0.918. The first-order chi connectivity index (χ1) is 10.1. The normalized spacial score (nSPS) is 21.1. The lowest BCUT2D eigenvalue weighted by atomic mass is 9.78. The zero-order chi connectivity index (χ0) is 15.0. The van der Waals surface area contributed by atoms with Crippen molar-refractivity contribution in [3.05, 3.63) is 45.7 Å². The molecule has 0 aliphatic heterocycles. The zero-order valence-corrected chi connectivity index (χ0v) is 13.9. The van der Waals surface area contributed by atoms with Crippen molar-refractivity contribution in [2.24, 2.45) is 0 Å². The highest BCUT2D eigenvalue weighted by atomic mass is 79.9.